The van der Waals surface area contributed by atoms with E-state index in [4.69, 9.17) is 10.8 Å². The minimum absolute atomic E-state index is 0. The first-order valence-electron chi connectivity index (χ1n) is 19.1. The molecule has 0 radical (unpaired) electrons. The first-order valence-corrected chi connectivity index (χ1v) is 19.1. The van der Waals surface area contributed by atoms with E-state index in [-0.39, 0.29) is 59.1 Å². The number of rotatable bonds is 37. The molecular weight excluding hydrogens is 562 g/mol. The van der Waals surface area contributed by atoms with Gasteiger partial charge < -0.3 is 21.0 Å². The maximum absolute atomic E-state index is 10.6. The molecule has 0 spiro atoms. The summed E-state index contributed by atoms with van der Waals surface area (Å²) < 4.78 is 0. The molecule has 0 amide bonds. The Kier molecular flexibility index (Phi) is 49.3. The zero-order valence-corrected chi connectivity index (χ0v) is 34.3. The quantitative estimate of drug-likeness (QED) is 0.0396. The third-order valence-electron chi connectivity index (χ3n) is 9.06. The summed E-state index contributed by atoms with van der Waals surface area (Å²) in [5, 5.41) is 35.0. The Balaban J connectivity index is -0.00000840. The van der Waals surface area contributed by atoms with Crippen molar-refractivity contribution in [1.29, 1.82) is 10.8 Å². The van der Waals surface area contributed by atoms with Crippen LogP contribution in [0.15, 0.2) is 0 Å². The molecule has 0 heterocycles. The van der Waals surface area contributed by atoms with Gasteiger partial charge in [0.05, 0.1) is 0 Å². The fourth-order valence-electron chi connectivity index (χ4n) is 6.23. The molecule has 6 heteroatoms. The molecule has 0 aromatic heterocycles. The number of unbranched alkanes of at least 4 members (excludes halogenated alkanes) is 33. The summed E-state index contributed by atoms with van der Waals surface area (Å²) in [7, 11) is 0. The SMILES string of the molecule is N=C([O-])CCCCCCCCCCCCCCCCCCCCCCCCCCCCCCCCCCCCC(=N)[O-].[Na+].[Na+]. The van der Waals surface area contributed by atoms with Crippen LogP contribution < -0.4 is 69.3 Å². The predicted molar refractivity (Wildman–Crippen MR) is 182 cm³/mol. The topological polar surface area (TPSA) is 93.8 Å². The van der Waals surface area contributed by atoms with Crippen LogP contribution in [0.1, 0.15) is 231 Å². The van der Waals surface area contributed by atoms with Crippen molar-refractivity contribution in [2.24, 2.45) is 0 Å². The minimum Gasteiger partial charge on any atom is -0.862 e. The van der Waals surface area contributed by atoms with Gasteiger partial charge in [-0.1, -0.05) is 205 Å². The molecule has 0 saturated heterocycles. The smallest absolute Gasteiger partial charge is 0.862 e. The van der Waals surface area contributed by atoms with E-state index in [1.165, 1.54) is 193 Å². The molecule has 0 atom stereocenters. The normalized spacial score (nSPS) is 10.8. The molecule has 0 fully saturated rings. The molecule has 0 saturated carbocycles. The number of hydrogen-bond acceptors (Lipinski definition) is 4. The van der Waals surface area contributed by atoms with Crippen LogP contribution in [0.4, 0.5) is 0 Å². The van der Waals surface area contributed by atoms with E-state index < -0.39 is 11.8 Å². The summed E-state index contributed by atoms with van der Waals surface area (Å²) in [6, 6.07) is 0. The Morgan fingerprint density at radius 2 is 0.318 bits per heavy atom. The van der Waals surface area contributed by atoms with E-state index in [1.54, 1.807) is 0 Å². The van der Waals surface area contributed by atoms with Crippen molar-refractivity contribution in [1.82, 2.24) is 0 Å². The molecule has 0 aliphatic heterocycles. The van der Waals surface area contributed by atoms with Crippen molar-refractivity contribution in [3.63, 3.8) is 0 Å². The maximum Gasteiger partial charge on any atom is 1.00 e. The van der Waals surface area contributed by atoms with Crippen LogP contribution in [-0.4, -0.2) is 11.8 Å². The fourth-order valence-corrected chi connectivity index (χ4v) is 6.23. The summed E-state index contributed by atoms with van der Waals surface area (Å²) >= 11 is 0. The monoisotopic (exact) mass is 637 g/mol. The van der Waals surface area contributed by atoms with Crippen LogP contribution >= 0.6 is 0 Å². The molecule has 0 aromatic carbocycles. The largest absolute Gasteiger partial charge is 1.00 e. The van der Waals surface area contributed by atoms with E-state index in [2.05, 4.69) is 0 Å². The zero-order chi connectivity index (χ0) is 30.6. The van der Waals surface area contributed by atoms with Gasteiger partial charge in [-0.3, -0.25) is 0 Å². The summed E-state index contributed by atoms with van der Waals surface area (Å²) in [5.74, 6) is -0.805. The van der Waals surface area contributed by atoms with Gasteiger partial charge in [-0.2, -0.15) is 0 Å². The second kappa shape index (κ2) is 43.9. The third-order valence-corrected chi connectivity index (χ3v) is 9.06. The average molecular weight is 637 g/mol. The molecule has 44 heavy (non-hydrogen) atoms. The van der Waals surface area contributed by atoms with Gasteiger partial charge in [0.15, 0.2) is 0 Å². The molecule has 0 bridgehead atoms. The van der Waals surface area contributed by atoms with Gasteiger partial charge in [-0.15, -0.1) is 0 Å². The van der Waals surface area contributed by atoms with Crippen molar-refractivity contribution in [3.8, 4) is 0 Å². The van der Waals surface area contributed by atoms with E-state index in [0.717, 1.165) is 25.7 Å². The summed E-state index contributed by atoms with van der Waals surface area (Å²) in [4.78, 5) is 0. The van der Waals surface area contributed by atoms with Gasteiger partial charge in [0, 0.05) is 0 Å². The standard InChI is InChI=1S/C38H76N2O2.2Na/c39-37(41)35-33-31-29-27-25-23-21-19-17-15-13-11-9-7-5-3-1-2-4-6-8-10-12-14-16-18-20-22-24-26-28-30-32-34-36-38(40)42;;/h1-36H2,(H2,39,41)(H2,40,42);;/q;2*+1/p-2. The maximum atomic E-state index is 10.6. The molecule has 0 aliphatic rings. The van der Waals surface area contributed by atoms with Gasteiger partial charge in [-0.25, -0.2) is 0 Å². The van der Waals surface area contributed by atoms with Crippen LogP contribution in [0.3, 0.4) is 0 Å². The number of nitrogens with one attached hydrogen (secondary N) is 2. The second-order valence-corrected chi connectivity index (χ2v) is 13.4. The molecule has 250 valence electrons. The van der Waals surface area contributed by atoms with Crippen LogP contribution in [0.25, 0.3) is 0 Å². The van der Waals surface area contributed by atoms with Crippen LogP contribution in [0.2, 0.25) is 0 Å². The molecular formula is C38H74N2Na2O2. The summed E-state index contributed by atoms with van der Waals surface area (Å²) in [6.07, 6.45) is 47.2. The zero-order valence-electron chi connectivity index (χ0n) is 30.3. The van der Waals surface area contributed by atoms with Crippen molar-refractivity contribution < 1.29 is 69.3 Å². The van der Waals surface area contributed by atoms with Crippen LogP contribution in [0, 0.1) is 10.8 Å². The van der Waals surface area contributed by atoms with Crippen molar-refractivity contribution in [2.75, 3.05) is 0 Å². The summed E-state index contributed by atoms with van der Waals surface area (Å²) in [6.45, 7) is 0. The fraction of sp³-hybridized carbons (Fsp3) is 0.947. The number of hydrogen-bond donors (Lipinski definition) is 2. The Labute approximate surface area is 320 Å². The second-order valence-electron chi connectivity index (χ2n) is 13.4. The summed E-state index contributed by atoms with van der Waals surface area (Å²) in [5.41, 5.74) is 0. The average Bonchev–Trinajstić information content (AvgIpc) is 2.96. The van der Waals surface area contributed by atoms with Crippen molar-refractivity contribution in [2.45, 2.75) is 231 Å². The molecule has 2 N–H and O–H groups in total. The molecule has 4 nitrogen and oxygen atoms in total. The van der Waals surface area contributed by atoms with E-state index in [0.29, 0.717) is 12.8 Å². The Bertz CT molecular complexity index is 515. The van der Waals surface area contributed by atoms with Gasteiger partial charge in [0.25, 0.3) is 0 Å². The molecule has 0 aromatic rings. The van der Waals surface area contributed by atoms with Crippen molar-refractivity contribution >= 4 is 11.8 Å². The molecule has 0 aliphatic carbocycles. The van der Waals surface area contributed by atoms with Gasteiger partial charge in [-0.05, 0) is 37.5 Å². The van der Waals surface area contributed by atoms with Crippen LogP contribution in [-0.2, 0) is 0 Å². The Hall–Kier alpha value is 0.940. The minimum atomic E-state index is -0.403. The Morgan fingerprint density at radius 3 is 0.409 bits per heavy atom. The van der Waals surface area contributed by atoms with Gasteiger partial charge >= 0.3 is 59.1 Å². The van der Waals surface area contributed by atoms with Gasteiger partial charge in [0.1, 0.15) is 0 Å². The van der Waals surface area contributed by atoms with E-state index >= 15 is 0 Å². The van der Waals surface area contributed by atoms with Gasteiger partial charge in [0.2, 0.25) is 0 Å². The van der Waals surface area contributed by atoms with E-state index in [1.807, 2.05) is 0 Å². The predicted octanol–water partition coefficient (Wildman–Crippen LogP) is 5.71. The Morgan fingerprint density at radius 1 is 0.227 bits per heavy atom. The van der Waals surface area contributed by atoms with Crippen LogP contribution in [0.5, 0.6) is 0 Å². The third kappa shape index (κ3) is 47.3. The molecule has 0 unspecified atom stereocenters. The first-order chi connectivity index (χ1) is 20.6. The van der Waals surface area contributed by atoms with E-state index in [9.17, 15) is 10.2 Å². The molecule has 0 rings (SSSR count). The van der Waals surface area contributed by atoms with Crippen molar-refractivity contribution in [3.05, 3.63) is 0 Å². The first kappa shape index (κ1) is 49.3.